The number of benzene rings is 1. The van der Waals surface area contributed by atoms with Crippen molar-refractivity contribution in [3.63, 3.8) is 0 Å². The molecule has 6 bridgehead atoms. The molecule has 1 aliphatic carbocycles. The van der Waals surface area contributed by atoms with E-state index in [2.05, 4.69) is 61.7 Å². The number of hydrogen-bond acceptors (Lipinski definition) is 11. The summed E-state index contributed by atoms with van der Waals surface area (Å²) >= 11 is 0. The number of cyclic esters (lactones) is 1. The number of hydrazine groups is 1. The first-order chi connectivity index (χ1) is 32.2. The van der Waals surface area contributed by atoms with E-state index in [1.54, 1.807) is 51.5 Å². The summed E-state index contributed by atoms with van der Waals surface area (Å²) in [6.45, 7) is 16.4. The Bertz CT molecular complexity index is 2320. The molecule has 6 rings (SSSR count). The summed E-state index contributed by atoms with van der Waals surface area (Å²) < 4.78 is 11.8. The largest absolute Gasteiger partial charge is 0.508 e. The van der Waals surface area contributed by atoms with Crippen LogP contribution < -0.4 is 16.1 Å². The molecule has 2 fully saturated rings. The number of likely N-dealkylation sites (N-methyl/N-ethyl adjacent to an activating group) is 1. The standard InChI is InChI=1S/C52H74N8O8/c1-12-54-44-20-32(4)39-25-40(44)41(33(5)42-27-53-17-15-36(42)29-67-11)26-52(6,7)30-68-50(65)43-14-13-18-60(56-43)49(64)45(23-34-21-37(39)24-38(61)22-34)55-47(62)46(31(2)3)58(10)48(63)35-16-19-59(28-35)51(66)57(8)9/h15,17,21-22,24-25,27,31-32,35,43,45-46,54,56,61H,12-14,16,18-20,23,26,28-30H2,1-11H3,(H,55,62)/b41-33+/t32?,35-,43-,45-,46-/m0/s1. The number of likely N-dealkylation sites (tertiary alicyclic amines) is 1. The second kappa shape index (κ2) is 22.1. The number of rotatable bonds is 10. The van der Waals surface area contributed by atoms with Crippen LogP contribution in [0.1, 0.15) is 103 Å². The zero-order chi connectivity index (χ0) is 49.6. The van der Waals surface area contributed by atoms with E-state index in [0.717, 1.165) is 44.7 Å². The summed E-state index contributed by atoms with van der Waals surface area (Å²) in [6.07, 6.45) is 8.47. The molecule has 370 valence electrons. The van der Waals surface area contributed by atoms with Crippen molar-refractivity contribution >= 4 is 40.9 Å². The van der Waals surface area contributed by atoms with Crippen molar-refractivity contribution in [2.24, 2.45) is 23.2 Å². The van der Waals surface area contributed by atoms with Crippen LogP contribution in [-0.2, 0) is 41.7 Å². The Morgan fingerprint density at radius 1 is 1.09 bits per heavy atom. The number of hydrogen-bond donors (Lipinski definition) is 4. The number of carbonyl (C=O) groups excluding carboxylic acids is 5. The number of amides is 5. The van der Waals surface area contributed by atoms with E-state index in [0.29, 0.717) is 57.4 Å². The number of carbonyl (C=O) groups is 5. The van der Waals surface area contributed by atoms with Crippen molar-refractivity contribution in [2.45, 2.75) is 112 Å². The highest BCUT2D eigenvalue weighted by atomic mass is 16.5. The summed E-state index contributed by atoms with van der Waals surface area (Å²) in [6, 6.07) is 4.20. The zero-order valence-corrected chi connectivity index (χ0v) is 42.0. The van der Waals surface area contributed by atoms with Crippen molar-refractivity contribution in [1.82, 2.24) is 40.8 Å². The van der Waals surface area contributed by atoms with Crippen LogP contribution in [0.3, 0.4) is 0 Å². The maximum absolute atomic E-state index is 14.8. The second-order valence-electron chi connectivity index (χ2n) is 20.4. The van der Waals surface area contributed by atoms with Gasteiger partial charge in [0.1, 0.15) is 23.9 Å². The minimum Gasteiger partial charge on any atom is -0.508 e. The predicted molar refractivity (Wildman–Crippen MR) is 261 cm³/mol. The fraction of sp³-hybridized carbons (Fsp3) is 0.577. The van der Waals surface area contributed by atoms with E-state index in [4.69, 9.17) is 9.47 Å². The smallest absolute Gasteiger partial charge is 0.324 e. The highest BCUT2D eigenvalue weighted by Crippen LogP contribution is 2.44. The minimum absolute atomic E-state index is 0.000700. The molecule has 1 unspecified atom stereocenters. The number of urea groups is 1. The molecule has 3 aliphatic heterocycles. The molecule has 1 aromatic heterocycles. The third-order valence-electron chi connectivity index (χ3n) is 13.7. The minimum atomic E-state index is -1.16. The van der Waals surface area contributed by atoms with Gasteiger partial charge in [0.2, 0.25) is 11.8 Å². The fourth-order valence-corrected chi connectivity index (χ4v) is 10.2. The first kappa shape index (κ1) is 51.6. The van der Waals surface area contributed by atoms with Gasteiger partial charge in [-0.1, -0.05) is 40.7 Å². The quantitative estimate of drug-likeness (QED) is 0.215. The first-order valence-corrected chi connectivity index (χ1v) is 24.1. The number of phenols is 1. The number of aromatic hydroxyl groups is 1. The van der Waals surface area contributed by atoms with Crippen LogP contribution in [-0.4, -0.2) is 139 Å². The number of nitrogens with zero attached hydrogens (tertiary/aromatic N) is 5. The van der Waals surface area contributed by atoms with Gasteiger partial charge >= 0.3 is 12.0 Å². The summed E-state index contributed by atoms with van der Waals surface area (Å²) in [5, 5.41) is 19.6. The number of phenolic OH excluding ortho intramolecular Hbond substituents is 1. The van der Waals surface area contributed by atoms with Crippen molar-refractivity contribution in [1.29, 1.82) is 0 Å². The van der Waals surface area contributed by atoms with Gasteiger partial charge in [-0.15, -0.1) is 0 Å². The number of aromatic nitrogens is 1. The lowest BCUT2D eigenvalue weighted by Crippen LogP contribution is -2.62. The first-order valence-electron chi connectivity index (χ1n) is 24.1. The van der Waals surface area contributed by atoms with E-state index in [1.807, 2.05) is 32.2 Å². The molecule has 4 aliphatic rings. The normalized spacial score (nSPS) is 23.5. The average Bonchev–Trinajstić information content (AvgIpc) is 3.79. The van der Waals surface area contributed by atoms with Gasteiger partial charge in [-0.05, 0) is 121 Å². The van der Waals surface area contributed by atoms with Crippen molar-refractivity contribution in [2.75, 3.05) is 61.0 Å². The molecule has 68 heavy (non-hydrogen) atoms. The molecule has 16 nitrogen and oxygen atoms in total. The molecular weight excluding hydrogens is 865 g/mol. The Hall–Kier alpha value is -5.74. The van der Waals surface area contributed by atoms with Gasteiger partial charge in [0, 0.05) is 89.9 Å². The van der Waals surface area contributed by atoms with Gasteiger partial charge in [0.05, 0.1) is 19.1 Å². The predicted octanol–water partition coefficient (Wildman–Crippen LogP) is 5.68. The van der Waals surface area contributed by atoms with Crippen LogP contribution in [0.15, 0.2) is 59.6 Å². The third-order valence-corrected chi connectivity index (χ3v) is 13.7. The van der Waals surface area contributed by atoms with Crippen LogP contribution in [0.4, 0.5) is 4.79 Å². The number of esters is 1. The van der Waals surface area contributed by atoms with Gasteiger partial charge in [-0.25, -0.2) is 10.2 Å². The molecule has 1 aromatic carbocycles. The summed E-state index contributed by atoms with van der Waals surface area (Å²) in [7, 11) is 6.61. The molecule has 2 aromatic rings. The summed E-state index contributed by atoms with van der Waals surface area (Å²) in [5.41, 5.74) is 11.1. The molecule has 0 saturated carbocycles. The summed E-state index contributed by atoms with van der Waals surface area (Å²) in [5.74, 6) is -2.52. The lowest BCUT2D eigenvalue weighted by Gasteiger charge is -2.37. The number of methoxy groups -OCH3 is 1. The van der Waals surface area contributed by atoms with Crippen molar-refractivity contribution in [3.05, 3.63) is 81.8 Å². The molecule has 5 atom stereocenters. The molecule has 4 heterocycles. The monoisotopic (exact) mass is 939 g/mol. The molecule has 0 radical (unpaired) electrons. The topological polar surface area (TPSA) is 186 Å². The number of nitrogens with one attached hydrogen (secondary N) is 3. The third kappa shape index (κ3) is 11.9. The van der Waals surface area contributed by atoms with E-state index >= 15 is 0 Å². The van der Waals surface area contributed by atoms with Crippen molar-refractivity contribution in [3.8, 4) is 5.75 Å². The SMILES string of the molecule is CCNC1=C2C=C(c3cc(O)cc(c3)C[C@H](NC(=O)[C@H](C(C)C)N(C)C(=O)[C@H]3CCN(C(=O)N(C)C)C3)C(=O)N3CCC[C@H](N3)C(=O)OCC(C)(C)C/C2=C(/C)c2cnccc2COC)C(C)C1. The highest BCUT2D eigenvalue weighted by Gasteiger charge is 2.41. The second-order valence-corrected chi connectivity index (χ2v) is 20.4. The number of allylic oxidation sites excluding steroid dienone is 6. The number of ether oxygens (including phenoxy) is 2. The number of fused-ring (bicyclic) bond motifs is 6. The van der Waals surface area contributed by atoms with Gasteiger partial charge in [-0.2, -0.15) is 0 Å². The van der Waals surface area contributed by atoms with Crippen LogP contribution >= 0.6 is 0 Å². The van der Waals surface area contributed by atoms with E-state index in [-0.39, 0.29) is 55.6 Å². The molecule has 0 spiro atoms. The maximum Gasteiger partial charge on any atom is 0.324 e. The van der Waals surface area contributed by atoms with Crippen LogP contribution in [0, 0.1) is 23.2 Å². The van der Waals surface area contributed by atoms with E-state index in [9.17, 15) is 29.1 Å². The fourth-order valence-electron chi connectivity index (χ4n) is 10.2. The van der Waals surface area contributed by atoms with Gasteiger partial charge in [0.25, 0.3) is 5.91 Å². The maximum atomic E-state index is 14.8. The molecular formula is C52H74N8O8. The van der Waals surface area contributed by atoms with E-state index in [1.165, 1.54) is 14.8 Å². The van der Waals surface area contributed by atoms with Crippen LogP contribution in [0.5, 0.6) is 5.75 Å². The van der Waals surface area contributed by atoms with Gasteiger partial charge < -0.3 is 39.9 Å². The molecule has 4 N–H and O–H groups in total. The number of pyridine rings is 1. The molecule has 5 amide bonds. The van der Waals surface area contributed by atoms with Gasteiger partial charge in [0.15, 0.2) is 0 Å². The Labute approximate surface area is 402 Å². The Balaban J connectivity index is 1.44. The van der Waals surface area contributed by atoms with E-state index < -0.39 is 47.2 Å². The lowest BCUT2D eigenvalue weighted by atomic mass is 9.75. The molecule has 16 heteroatoms. The molecule has 2 saturated heterocycles. The van der Waals surface area contributed by atoms with Crippen LogP contribution in [0.25, 0.3) is 11.1 Å². The zero-order valence-electron chi connectivity index (χ0n) is 42.0. The van der Waals surface area contributed by atoms with Gasteiger partial charge in [-0.3, -0.25) is 29.2 Å². The van der Waals surface area contributed by atoms with Crippen LogP contribution in [0.2, 0.25) is 0 Å². The summed E-state index contributed by atoms with van der Waals surface area (Å²) in [4.78, 5) is 79.2. The average molecular weight is 939 g/mol. The lowest BCUT2D eigenvalue weighted by molar-refractivity contribution is -0.155. The Morgan fingerprint density at radius 3 is 2.53 bits per heavy atom. The highest BCUT2D eigenvalue weighted by molar-refractivity contribution is 5.93. The Kier molecular flexibility index (Phi) is 16.8. The van der Waals surface area contributed by atoms with Crippen molar-refractivity contribution < 1.29 is 38.6 Å². The Morgan fingerprint density at radius 2 is 1.84 bits per heavy atom.